The Morgan fingerprint density at radius 3 is 2.78 bits per heavy atom. The number of benzene rings is 1. The van der Waals surface area contributed by atoms with Gasteiger partial charge in [0.2, 0.25) is 0 Å². The van der Waals surface area contributed by atoms with Gasteiger partial charge in [-0.05, 0) is 37.3 Å². The molecule has 0 fully saturated rings. The molecule has 0 aliphatic carbocycles. The molecule has 1 aromatic carbocycles. The van der Waals surface area contributed by atoms with Crippen molar-refractivity contribution in [3.63, 3.8) is 0 Å². The zero-order valence-corrected chi connectivity index (χ0v) is 9.96. The molecule has 90 valence electrons. The molecular weight excluding hydrogens is 226 g/mol. The molecule has 0 radical (unpaired) electrons. The third kappa shape index (κ3) is 1.50. The first kappa shape index (κ1) is 10.7. The molecule has 18 heavy (non-hydrogen) atoms. The van der Waals surface area contributed by atoms with Crippen LogP contribution in [0.15, 0.2) is 42.6 Å². The number of anilines is 1. The summed E-state index contributed by atoms with van der Waals surface area (Å²) in [5.74, 6) is 0.0974. The van der Waals surface area contributed by atoms with Crippen molar-refractivity contribution in [3.05, 3.63) is 48.3 Å². The fourth-order valence-corrected chi connectivity index (χ4v) is 2.09. The van der Waals surface area contributed by atoms with Gasteiger partial charge in [-0.2, -0.15) is 0 Å². The molecule has 0 unspecified atom stereocenters. The highest BCUT2D eigenvalue weighted by atomic mass is 16.3. The van der Waals surface area contributed by atoms with Gasteiger partial charge in [0.1, 0.15) is 11.4 Å². The second kappa shape index (κ2) is 3.77. The minimum atomic E-state index is 0.0974. The Bertz CT molecular complexity index is 731. The Morgan fingerprint density at radius 2 is 2.06 bits per heavy atom. The number of nitrogens with two attached hydrogens (primary N) is 1. The number of pyridine rings is 1. The Labute approximate surface area is 104 Å². The number of phenolic OH excluding ortho intramolecular Hbond substituents is 1. The van der Waals surface area contributed by atoms with E-state index in [0.29, 0.717) is 5.69 Å². The standard InChI is InChI=1S/C14H13N3O/c1-9-14(10-5-6-12(18)11(15)8-10)16-13-4-2-3-7-17(9)13/h2-8,18H,15H2,1H3. The number of aryl methyl sites for hydroxylation is 1. The highest BCUT2D eigenvalue weighted by Gasteiger charge is 2.10. The molecule has 0 spiro atoms. The minimum absolute atomic E-state index is 0.0974. The summed E-state index contributed by atoms with van der Waals surface area (Å²) < 4.78 is 2.03. The van der Waals surface area contributed by atoms with E-state index < -0.39 is 0 Å². The Kier molecular flexibility index (Phi) is 2.23. The smallest absolute Gasteiger partial charge is 0.138 e. The maximum Gasteiger partial charge on any atom is 0.138 e. The fraction of sp³-hybridized carbons (Fsp3) is 0.0714. The monoisotopic (exact) mass is 239 g/mol. The lowest BCUT2D eigenvalue weighted by Crippen LogP contribution is -1.89. The SMILES string of the molecule is Cc1c(-c2ccc(O)c(N)c2)nc2ccccn12. The van der Waals surface area contributed by atoms with Crippen LogP contribution in [0.4, 0.5) is 5.69 Å². The maximum atomic E-state index is 9.45. The van der Waals surface area contributed by atoms with Gasteiger partial charge in [0.05, 0.1) is 11.4 Å². The Balaban J connectivity index is 2.25. The topological polar surface area (TPSA) is 63.5 Å². The van der Waals surface area contributed by atoms with Gasteiger partial charge >= 0.3 is 0 Å². The molecule has 2 heterocycles. The van der Waals surface area contributed by atoms with E-state index in [4.69, 9.17) is 5.73 Å². The lowest BCUT2D eigenvalue weighted by atomic mass is 10.1. The summed E-state index contributed by atoms with van der Waals surface area (Å²) in [5, 5.41) is 9.45. The number of aromatic hydroxyl groups is 1. The van der Waals surface area contributed by atoms with Crippen molar-refractivity contribution in [3.8, 4) is 17.0 Å². The summed E-state index contributed by atoms with van der Waals surface area (Å²) in [6.45, 7) is 2.01. The van der Waals surface area contributed by atoms with Crippen molar-refractivity contribution in [2.75, 3.05) is 5.73 Å². The molecule has 4 heteroatoms. The highest BCUT2D eigenvalue weighted by Crippen LogP contribution is 2.29. The molecule has 0 atom stereocenters. The summed E-state index contributed by atoms with van der Waals surface area (Å²) in [7, 11) is 0. The summed E-state index contributed by atoms with van der Waals surface area (Å²) in [6.07, 6.45) is 1.98. The van der Waals surface area contributed by atoms with Gasteiger partial charge in [0.25, 0.3) is 0 Å². The number of nitrogens with zero attached hydrogens (tertiary/aromatic N) is 2. The van der Waals surface area contributed by atoms with E-state index in [2.05, 4.69) is 4.98 Å². The Morgan fingerprint density at radius 1 is 1.22 bits per heavy atom. The van der Waals surface area contributed by atoms with Crippen molar-refractivity contribution in [2.45, 2.75) is 6.92 Å². The van der Waals surface area contributed by atoms with Gasteiger partial charge in [-0.25, -0.2) is 4.98 Å². The number of aromatic nitrogens is 2. The van der Waals surface area contributed by atoms with Gasteiger partial charge in [-0.1, -0.05) is 6.07 Å². The molecule has 0 aliphatic rings. The molecule has 0 aliphatic heterocycles. The number of imidazole rings is 1. The van der Waals surface area contributed by atoms with Crippen LogP contribution in [0.1, 0.15) is 5.69 Å². The van der Waals surface area contributed by atoms with Gasteiger partial charge in [-0.3, -0.25) is 0 Å². The normalized spacial score (nSPS) is 10.9. The highest BCUT2D eigenvalue weighted by molar-refractivity contribution is 5.71. The number of hydrogen-bond donors (Lipinski definition) is 2. The van der Waals surface area contributed by atoms with E-state index in [1.165, 1.54) is 0 Å². The maximum absolute atomic E-state index is 9.45. The van der Waals surface area contributed by atoms with Crippen LogP contribution in [0.3, 0.4) is 0 Å². The van der Waals surface area contributed by atoms with E-state index in [1.807, 2.05) is 41.8 Å². The van der Waals surface area contributed by atoms with Crippen LogP contribution in [0.2, 0.25) is 0 Å². The van der Waals surface area contributed by atoms with Gasteiger partial charge < -0.3 is 15.2 Å². The average molecular weight is 239 g/mol. The van der Waals surface area contributed by atoms with Crippen molar-refractivity contribution < 1.29 is 5.11 Å². The minimum Gasteiger partial charge on any atom is -0.506 e. The van der Waals surface area contributed by atoms with E-state index in [-0.39, 0.29) is 5.75 Å². The molecular formula is C14H13N3O. The van der Waals surface area contributed by atoms with Crippen molar-refractivity contribution in [1.82, 2.24) is 9.38 Å². The van der Waals surface area contributed by atoms with Crippen LogP contribution in [0, 0.1) is 6.92 Å². The summed E-state index contributed by atoms with van der Waals surface area (Å²) >= 11 is 0. The lowest BCUT2D eigenvalue weighted by molar-refractivity contribution is 0.478. The lowest BCUT2D eigenvalue weighted by Gasteiger charge is -2.02. The summed E-state index contributed by atoms with van der Waals surface area (Å²) in [6, 6.07) is 11.0. The number of fused-ring (bicyclic) bond motifs is 1. The largest absolute Gasteiger partial charge is 0.506 e. The van der Waals surface area contributed by atoms with Crippen LogP contribution in [0.25, 0.3) is 16.9 Å². The third-order valence-electron chi connectivity index (χ3n) is 3.07. The van der Waals surface area contributed by atoms with E-state index in [1.54, 1.807) is 12.1 Å². The first-order valence-electron chi connectivity index (χ1n) is 5.69. The zero-order valence-electron chi connectivity index (χ0n) is 9.96. The Hall–Kier alpha value is -2.49. The fourth-order valence-electron chi connectivity index (χ4n) is 2.09. The quantitative estimate of drug-likeness (QED) is 0.506. The van der Waals surface area contributed by atoms with Crippen molar-refractivity contribution in [2.24, 2.45) is 0 Å². The first-order chi connectivity index (χ1) is 8.66. The second-order valence-electron chi connectivity index (χ2n) is 4.25. The number of nitrogen functional groups attached to an aromatic ring is 1. The molecule has 0 saturated heterocycles. The molecule has 0 amide bonds. The molecule has 3 N–H and O–H groups in total. The summed E-state index contributed by atoms with van der Waals surface area (Å²) in [4.78, 5) is 4.58. The van der Waals surface area contributed by atoms with Crippen LogP contribution >= 0.6 is 0 Å². The van der Waals surface area contributed by atoms with E-state index >= 15 is 0 Å². The average Bonchev–Trinajstić information content (AvgIpc) is 2.71. The first-order valence-corrected chi connectivity index (χ1v) is 5.69. The predicted octanol–water partition coefficient (Wildman–Crippen LogP) is 2.60. The molecule has 4 nitrogen and oxygen atoms in total. The van der Waals surface area contributed by atoms with Gasteiger partial charge in [0, 0.05) is 17.5 Å². The number of rotatable bonds is 1. The van der Waals surface area contributed by atoms with E-state index in [9.17, 15) is 5.11 Å². The van der Waals surface area contributed by atoms with E-state index in [0.717, 1.165) is 22.6 Å². The van der Waals surface area contributed by atoms with Crippen molar-refractivity contribution >= 4 is 11.3 Å². The van der Waals surface area contributed by atoms with Crippen LogP contribution in [0.5, 0.6) is 5.75 Å². The van der Waals surface area contributed by atoms with Crippen LogP contribution in [-0.2, 0) is 0 Å². The molecule has 2 aromatic heterocycles. The third-order valence-corrected chi connectivity index (χ3v) is 3.07. The van der Waals surface area contributed by atoms with Gasteiger partial charge in [0.15, 0.2) is 0 Å². The molecule has 0 saturated carbocycles. The van der Waals surface area contributed by atoms with Crippen molar-refractivity contribution in [1.29, 1.82) is 0 Å². The van der Waals surface area contributed by atoms with Crippen LogP contribution < -0.4 is 5.73 Å². The number of phenols is 1. The zero-order chi connectivity index (χ0) is 12.7. The predicted molar refractivity (Wildman–Crippen MR) is 71.4 cm³/mol. The number of hydrogen-bond acceptors (Lipinski definition) is 3. The molecule has 0 bridgehead atoms. The summed E-state index contributed by atoms with van der Waals surface area (Å²) in [5.41, 5.74) is 9.82. The second-order valence-corrected chi connectivity index (χ2v) is 4.25. The van der Waals surface area contributed by atoms with Gasteiger partial charge in [-0.15, -0.1) is 0 Å². The van der Waals surface area contributed by atoms with Crippen LogP contribution in [-0.4, -0.2) is 14.5 Å². The molecule has 3 rings (SSSR count). The molecule has 3 aromatic rings.